The van der Waals surface area contributed by atoms with Crippen LogP contribution in [0.25, 0.3) is 0 Å². The lowest BCUT2D eigenvalue weighted by molar-refractivity contribution is -0.144. The zero-order valence-corrected chi connectivity index (χ0v) is 8.01. The minimum atomic E-state index is -0.663. The van der Waals surface area contributed by atoms with Crippen molar-refractivity contribution in [1.29, 1.82) is 0 Å². The molecule has 0 radical (unpaired) electrons. The fourth-order valence-corrected chi connectivity index (χ4v) is 1.80. The van der Waals surface area contributed by atoms with Crippen molar-refractivity contribution in [3.05, 3.63) is 0 Å². The molecule has 3 unspecified atom stereocenters. The van der Waals surface area contributed by atoms with Gasteiger partial charge in [0.15, 0.2) is 0 Å². The molecule has 1 aliphatic rings. The van der Waals surface area contributed by atoms with Crippen molar-refractivity contribution in [3.63, 3.8) is 0 Å². The Balaban J connectivity index is 0.00000121. The Labute approximate surface area is 78.7 Å². The predicted molar refractivity (Wildman–Crippen MR) is 49.4 cm³/mol. The smallest absolute Gasteiger partial charge is 0.306 e. The third-order valence-corrected chi connectivity index (χ3v) is 2.53. The fourth-order valence-electron chi connectivity index (χ4n) is 1.80. The number of carbonyl (C=O) groups is 1. The molecule has 12 heavy (non-hydrogen) atoms. The van der Waals surface area contributed by atoms with Crippen LogP contribution in [-0.4, -0.2) is 17.1 Å². The molecule has 72 valence electrons. The maximum atomic E-state index is 10.6. The number of aliphatic carboxylic acids is 1. The summed E-state index contributed by atoms with van der Waals surface area (Å²) in [6.07, 6.45) is 2.47. The summed E-state index contributed by atoms with van der Waals surface area (Å²) in [5, 5.41) is 8.75. The molecule has 1 rings (SSSR count). The van der Waals surface area contributed by atoms with Crippen molar-refractivity contribution >= 4 is 18.4 Å². The van der Waals surface area contributed by atoms with E-state index in [0.717, 1.165) is 19.3 Å². The van der Waals surface area contributed by atoms with Gasteiger partial charge in [0.05, 0.1) is 5.92 Å². The SMILES string of the molecule is CC1CC(N)CCC1C(=O)O.Cl. The molecule has 0 bridgehead atoms. The molecule has 0 heterocycles. The fraction of sp³-hybridized carbons (Fsp3) is 0.875. The van der Waals surface area contributed by atoms with Crippen LogP contribution in [0, 0.1) is 11.8 Å². The summed E-state index contributed by atoms with van der Waals surface area (Å²) in [6, 6.07) is 0.223. The van der Waals surface area contributed by atoms with Crippen molar-refractivity contribution in [2.75, 3.05) is 0 Å². The van der Waals surface area contributed by atoms with Crippen molar-refractivity contribution in [2.45, 2.75) is 32.2 Å². The lowest BCUT2D eigenvalue weighted by Gasteiger charge is -2.29. The van der Waals surface area contributed by atoms with E-state index in [1.807, 2.05) is 6.92 Å². The van der Waals surface area contributed by atoms with Gasteiger partial charge in [0.2, 0.25) is 0 Å². The highest BCUT2D eigenvalue weighted by Gasteiger charge is 2.30. The number of carboxylic acids is 1. The highest BCUT2D eigenvalue weighted by Crippen LogP contribution is 2.28. The molecule has 1 fully saturated rings. The van der Waals surface area contributed by atoms with Crippen molar-refractivity contribution in [2.24, 2.45) is 17.6 Å². The van der Waals surface area contributed by atoms with E-state index < -0.39 is 5.97 Å². The lowest BCUT2D eigenvalue weighted by Crippen LogP contribution is -2.35. The number of rotatable bonds is 1. The summed E-state index contributed by atoms with van der Waals surface area (Å²) < 4.78 is 0. The van der Waals surface area contributed by atoms with Gasteiger partial charge in [-0.05, 0) is 25.2 Å². The first-order valence-corrected chi connectivity index (χ1v) is 4.09. The van der Waals surface area contributed by atoms with Crippen LogP contribution in [0.1, 0.15) is 26.2 Å². The van der Waals surface area contributed by atoms with Crippen LogP contribution in [0.3, 0.4) is 0 Å². The van der Waals surface area contributed by atoms with Gasteiger partial charge in [-0.1, -0.05) is 6.92 Å². The summed E-state index contributed by atoms with van der Waals surface area (Å²) >= 11 is 0. The number of nitrogens with two attached hydrogens (primary N) is 1. The molecule has 0 aliphatic heterocycles. The Morgan fingerprint density at radius 1 is 1.50 bits per heavy atom. The van der Waals surface area contributed by atoms with E-state index in [2.05, 4.69) is 0 Å². The zero-order chi connectivity index (χ0) is 8.43. The van der Waals surface area contributed by atoms with Crippen molar-refractivity contribution < 1.29 is 9.90 Å². The van der Waals surface area contributed by atoms with Crippen LogP contribution in [0.2, 0.25) is 0 Å². The van der Waals surface area contributed by atoms with E-state index in [-0.39, 0.29) is 30.3 Å². The van der Waals surface area contributed by atoms with Crippen molar-refractivity contribution in [1.82, 2.24) is 0 Å². The largest absolute Gasteiger partial charge is 0.481 e. The first kappa shape index (κ1) is 11.7. The minimum absolute atomic E-state index is 0. The summed E-state index contributed by atoms with van der Waals surface area (Å²) in [7, 11) is 0. The molecule has 0 aromatic rings. The predicted octanol–water partition coefficient (Wildman–Crippen LogP) is 1.26. The topological polar surface area (TPSA) is 63.3 Å². The lowest BCUT2D eigenvalue weighted by atomic mass is 9.78. The Morgan fingerprint density at radius 3 is 2.50 bits per heavy atom. The van der Waals surface area contributed by atoms with E-state index in [9.17, 15) is 4.79 Å². The highest BCUT2D eigenvalue weighted by atomic mass is 35.5. The van der Waals surface area contributed by atoms with Crippen LogP contribution in [0.5, 0.6) is 0 Å². The molecule has 1 aliphatic carbocycles. The van der Waals surface area contributed by atoms with E-state index in [0.29, 0.717) is 0 Å². The second kappa shape index (κ2) is 4.67. The van der Waals surface area contributed by atoms with Crippen LogP contribution in [0.15, 0.2) is 0 Å². The molecule has 0 saturated heterocycles. The maximum Gasteiger partial charge on any atom is 0.306 e. The third-order valence-electron chi connectivity index (χ3n) is 2.53. The van der Waals surface area contributed by atoms with Gasteiger partial charge in [0, 0.05) is 6.04 Å². The average molecular weight is 194 g/mol. The van der Waals surface area contributed by atoms with Crippen LogP contribution in [-0.2, 0) is 4.79 Å². The van der Waals surface area contributed by atoms with Gasteiger partial charge in [-0.3, -0.25) is 4.79 Å². The number of hydrogen-bond acceptors (Lipinski definition) is 2. The number of hydrogen-bond donors (Lipinski definition) is 2. The van der Waals surface area contributed by atoms with E-state index in [1.54, 1.807) is 0 Å². The van der Waals surface area contributed by atoms with E-state index >= 15 is 0 Å². The average Bonchev–Trinajstić information content (AvgIpc) is 1.85. The van der Waals surface area contributed by atoms with Crippen LogP contribution >= 0.6 is 12.4 Å². The summed E-state index contributed by atoms with van der Waals surface area (Å²) in [4.78, 5) is 10.6. The quantitative estimate of drug-likeness (QED) is 0.659. The van der Waals surface area contributed by atoms with Crippen molar-refractivity contribution in [3.8, 4) is 0 Å². The highest BCUT2D eigenvalue weighted by molar-refractivity contribution is 5.85. The second-order valence-corrected chi connectivity index (χ2v) is 3.50. The third kappa shape index (κ3) is 2.64. The first-order chi connectivity index (χ1) is 5.11. The van der Waals surface area contributed by atoms with Gasteiger partial charge in [0.1, 0.15) is 0 Å². The van der Waals surface area contributed by atoms with Gasteiger partial charge < -0.3 is 10.8 Å². The molecular formula is C8H16ClNO2. The Bertz CT molecular complexity index is 163. The van der Waals surface area contributed by atoms with Gasteiger partial charge in [-0.2, -0.15) is 0 Å². The number of carboxylic acid groups (broad SMARTS) is 1. The molecule has 0 amide bonds. The van der Waals surface area contributed by atoms with Gasteiger partial charge >= 0.3 is 5.97 Å². The van der Waals surface area contributed by atoms with Gasteiger partial charge in [0.25, 0.3) is 0 Å². The standard InChI is InChI=1S/C8H15NO2.ClH/c1-5-4-6(9)2-3-7(5)8(10)11;/h5-7H,2-4,9H2,1H3,(H,10,11);1H. The molecule has 0 aromatic heterocycles. The van der Waals surface area contributed by atoms with E-state index in [1.165, 1.54) is 0 Å². The molecular weight excluding hydrogens is 178 g/mol. The monoisotopic (exact) mass is 193 g/mol. The van der Waals surface area contributed by atoms with Gasteiger partial charge in [-0.15, -0.1) is 12.4 Å². The number of halogens is 1. The molecule has 0 aromatic carbocycles. The molecule has 4 heteroatoms. The first-order valence-electron chi connectivity index (χ1n) is 4.09. The summed E-state index contributed by atoms with van der Waals surface area (Å²) in [5.41, 5.74) is 5.69. The second-order valence-electron chi connectivity index (χ2n) is 3.50. The Morgan fingerprint density at radius 2 is 2.08 bits per heavy atom. The molecule has 1 saturated carbocycles. The molecule has 3 atom stereocenters. The zero-order valence-electron chi connectivity index (χ0n) is 7.19. The Hall–Kier alpha value is -0.280. The van der Waals surface area contributed by atoms with Crippen LogP contribution in [0.4, 0.5) is 0 Å². The van der Waals surface area contributed by atoms with Gasteiger partial charge in [-0.25, -0.2) is 0 Å². The maximum absolute atomic E-state index is 10.6. The minimum Gasteiger partial charge on any atom is -0.481 e. The van der Waals surface area contributed by atoms with E-state index in [4.69, 9.17) is 10.8 Å². The van der Waals surface area contributed by atoms with Crippen LogP contribution < -0.4 is 5.73 Å². The summed E-state index contributed by atoms with van der Waals surface area (Å²) in [5.74, 6) is -0.574. The molecule has 3 N–H and O–H groups in total. The summed E-state index contributed by atoms with van der Waals surface area (Å²) in [6.45, 7) is 1.97. The molecule has 3 nitrogen and oxygen atoms in total. The normalized spacial score (nSPS) is 35.3. The molecule has 0 spiro atoms. The Kier molecular flexibility index (Phi) is 4.57.